The number of fused-ring (bicyclic) bond motifs is 3. The van der Waals surface area contributed by atoms with Crippen molar-refractivity contribution < 1.29 is 21.9 Å². The first-order valence-corrected chi connectivity index (χ1v) is 14.5. The molecule has 1 heterocycles. The highest BCUT2D eigenvalue weighted by Gasteiger charge is 2.65. The normalized spacial score (nSPS) is 30.1. The van der Waals surface area contributed by atoms with E-state index in [0.29, 0.717) is 29.7 Å². The van der Waals surface area contributed by atoms with Crippen LogP contribution in [-0.2, 0) is 18.5 Å². The van der Waals surface area contributed by atoms with E-state index in [1.54, 1.807) is 6.07 Å². The Morgan fingerprint density at radius 3 is 2.39 bits per heavy atom. The lowest BCUT2D eigenvalue weighted by molar-refractivity contribution is -0.128. The Morgan fingerprint density at radius 1 is 1.10 bits per heavy atom. The summed E-state index contributed by atoms with van der Waals surface area (Å²) in [5, 5.41) is 11.9. The number of benzene rings is 2. The number of aromatic hydroxyl groups is 1. The molecule has 2 bridgehead atoms. The standard InChI is InChI=1S/C24H30O5S2/c1-23(2)17-11-12-24(23,22(26)15-17)16-31(27,28)29-30(13-5-6-14-30)21-10-9-20(25)18-7-3-4-8-19(18)21/h3-4,7-10,17,25H,5-6,11-16H2,1-2H3. The first kappa shape index (κ1) is 21.3. The van der Waals surface area contributed by atoms with E-state index in [1.807, 2.05) is 30.3 Å². The first-order valence-electron chi connectivity index (χ1n) is 11.1. The van der Waals surface area contributed by atoms with Crippen LogP contribution in [0.25, 0.3) is 10.8 Å². The van der Waals surface area contributed by atoms with E-state index in [1.165, 1.54) is 0 Å². The van der Waals surface area contributed by atoms with E-state index in [9.17, 15) is 18.3 Å². The van der Waals surface area contributed by atoms with Gasteiger partial charge in [0.25, 0.3) is 10.1 Å². The summed E-state index contributed by atoms with van der Waals surface area (Å²) in [5.41, 5.74) is -1.14. The maximum atomic E-state index is 13.5. The van der Waals surface area contributed by atoms with Gasteiger partial charge in [-0.05, 0) is 54.5 Å². The number of ketones is 1. The summed E-state index contributed by atoms with van der Waals surface area (Å²) in [7, 11) is -6.00. The molecule has 1 saturated heterocycles. The average molecular weight is 463 g/mol. The molecule has 3 aliphatic rings. The second kappa shape index (κ2) is 6.96. The van der Waals surface area contributed by atoms with Gasteiger partial charge in [-0.25, -0.2) is 3.63 Å². The van der Waals surface area contributed by atoms with Crippen molar-refractivity contribution in [3.05, 3.63) is 36.4 Å². The summed E-state index contributed by atoms with van der Waals surface area (Å²) in [5.74, 6) is 1.70. The van der Waals surface area contributed by atoms with Crippen LogP contribution in [-0.4, -0.2) is 36.6 Å². The van der Waals surface area contributed by atoms with Gasteiger partial charge in [-0.3, -0.25) is 4.79 Å². The molecule has 2 saturated carbocycles. The van der Waals surface area contributed by atoms with Crippen LogP contribution in [0, 0.1) is 16.7 Å². The van der Waals surface area contributed by atoms with Crippen LogP contribution in [0.4, 0.5) is 0 Å². The molecule has 2 aromatic rings. The minimum Gasteiger partial charge on any atom is -0.507 e. The van der Waals surface area contributed by atoms with Crippen LogP contribution < -0.4 is 0 Å². The molecule has 0 radical (unpaired) electrons. The van der Waals surface area contributed by atoms with Gasteiger partial charge in [0.05, 0.1) is 11.2 Å². The molecule has 3 fully saturated rings. The fourth-order valence-electron chi connectivity index (χ4n) is 6.31. The van der Waals surface area contributed by atoms with Crippen molar-refractivity contribution in [1.29, 1.82) is 0 Å². The fourth-order valence-corrected chi connectivity index (χ4v) is 13.1. The minimum absolute atomic E-state index is 0.0893. The van der Waals surface area contributed by atoms with Gasteiger partial charge in [-0.15, -0.1) is 0 Å². The highest BCUT2D eigenvalue weighted by atomic mass is 32.3. The minimum atomic E-state index is -3.93. The second-order valence-electron chi connectivity index (χ2n) is 9.99. The topological polar surface area (TPSA) is 80.7 Å². The molecule has 0 spiro atoms. The molecule has 2 atom stereocenters. The van der Waals surface area contributed by atoms with Gasteiger partial charge in [0.1, 0.15) is 11.5 Å². The fraction of sp³-hybridized carbons (Fsp3) is 0.542. The largest absolute Gasteiger partial charge is 0.507 e. The Labute approximate surface area is 185 Å². The molecule has 5 rings (SSSR count). The number of carbonyl (C=O) groups is 1. The summed E-state index contributed by atoms with van der Waals surface area (Å²) in [6.07, 6.45) is 3.87. The van der Waals surface area contributed by atoms with Crippen LogP contribution in [0.2, 0.25) is 0 Å². The van der Waals surface area contributed by atoms with Gasteiger partial charge in [-0.2, -0.15) is 8.42 Å². The van der Waals surface area contributed by atoms with Crippen molar-refractivity contribution >= 4 is 37.0 Å². The Hall–Kier alpha value is -1.57. The molecular weight excluding hydrogens is 432 g/mol. The smallest absolute Gasteiger partial charge is 0.277 e. The van der Waals surface area contributed by atoms with Crippen molar-refractivity contribution in [2.75, 3.05) is 17.3 Å². The van der Waals surface area contributed by atoms with Crippen molar-refractivity contribution in [2.24, 2.45) is 16.7 Å². The second-order valence-corrected chi connectivity index (χ2v) is 14.8. The Morgan fingerprint density at radius 2 is 1.77 bits per heavy atom. The molecule has 1 aliphatic heterocycles. The molecule has 1 N–H and O–H groups in total. The number of phenolic OH excluding ortho intramolecular Hbond substituents is 1. The number of hydrogen-bond donors (Lipinski definition) is 1. The summed E-state index contributed by atoms with van der Waals surface area (Å²) in [6, 6.07) is 11.0. The van der Waals surface area contributed by atoms with Crippen LogP contribution >= 0.6 is 10.3 Å². The lowest BCUT2D eigenvalue weighted by Crippen LogP contribution is -2.42. The first-order chi connectivity index (χ1) is 14.6. The zero-order chi connectivity index (χ0) is 22.1. The van der Waals surface area contributed by atoms with Gasteiger partial charge < -0.3 is 5.11 Å². The lowest BCUT2D eigenvalue weighted by Gasteiger charge is -2.39. The Balaban J connectivity index is 1.55. The Kier molecular flexibility index (Phi) is 4.78. The molecule has 2 unspecified atom stereocenters. The monoisotopic (exact) mass is 462 g/mol. The van der Waals surface area contributed by atoms with E-state index in [4.69, 9.17) is 3.63 Å². The number of Topliss-reactive ketones (excluding diaryl/α,β-unsaturated/α-hetero) is 1. The van der Waals surface area contributed by atoms with Crippen LogP contribution in [0.1, 0.15) is 46.0 Å². The maximum absolute atomic E-state index is 13.5. The third-order valence-corrected chi connectivity index (χ3v) is 14.0. The molecular formula is C24H30O5S2. The van der Waals surface area contributed by atoms with Gasteiger partial charge in [0.15, 0.2) is 0 Å². The van der Waals surface area contributed by atoms with Gasteiger partial charge in [0, 0.05) is 28.2 Å². The summed E-state index contributed by atoms with van der Waals surface area (Å²) < 4.78 is 33.3. The predicted octanol–water partition coefficient (Wildman–Crippen LogP) is 5.16. The zero-order valence-corrected chi connectivity index (χ0v) is 19.7. The summed E-state index contributed by atoms with van der Waals surface area (Å²) in [4.78, 5) is 13.8. The molecule has 2 aromatic carbocycles. The van der Waals surface area contributed by atoms with Gasteiger partial charge in [-0.1, -0.05) is 48.4 Å². The van der Waals surface area contributed by atoms with Crippen LogP contribution in [0.5, 0.6) is 5.75 Å². The third kappa shape index (κ3) is 3.07. The molecule has 7 heteroatoms. The molecule has 0 amide bonds. The maximum Gasteiger partial charge on any atom is 0.277 e. The Bertz CT molecular complexity index is 1160. The molecule has 31 heavy (non-hydrogen) atoms. The van der Waals surface area contributed by atoms with E-state index in [0.717, 1.165) is 29.5 Å². The molecule has 2 aliphatic carbocycles. The van der Waals surface area contributed by atoms with Crippen molar-refractivity contribution in [3.63, 3.8) is 0 Å². The quantitative estimate of drug-likeness (QED) is 0.664. The zero-order valence-electron chi connectivity index (χ0n) is 18.1. The average Bonchev–Trinajstić information content (AvgIpc) is 3.31. The molecule has 168 valence electrons. The number of phenols is 1. The van der Waals surface area contributed by atoms with E-state index in [2.05, 4.69) is 13.8 Å². The number of rotatable bonds is 5. The molecule has 0 aromatic heterocycles. The SMILES string of the molecule is CC1(C)C2CCC1(CS(=O)(=O)OS1(c3ccc(O)c4ccccc34)CCCC1)C(=O)C2. The van der Waals surface area contributed by atoms with E-state index in [-0.39, 0.29) is 28.6 Å². The molecule has 5 nitrogen and oxygen atoms in total. The van der Waals surface area contributed by atoms with Gasteiger partial charge >= 0.3 is 0 Å². The summed E-state index contributed by atoms with van der Waals surface area (Å²) in [6.45, 7) is 4.10. The highest BCUT2D eigenvalue weighted by Crippen LogP contribution is 2.67. The van der Waals surface area contributed by atoms with Crippen molar-refractivity contribution in [1.82, 2.24) is 0 Å². The van der Waals surface area contributed by atoms with Crippen molar-refractivity contribution in [3.8, 4) is 5.75 Å². The number of carbonyl (C=O) groups excluding carboxylic acids is 1. The van der Waals surface area contributed by atoms with Gasteiger partial charge in [0.2, 0.25) is 0 Å². The van der Waals surface area contributed by atoms with Crippen LogP contribution in [0.15, 0.2) is 41.3 Å². The number of hydrogen-bond acceptors (Lipinski definition) is 5. The van der Waals surface area contributed by atoms with E-state index >= 15 is 0 Å². The third-order valence-electron chi connectivity index (χ3n) is 8.26. The van der Waals surface area contributed by atoms with E-state index < -0.39 is 25.8 Å². The lowest BCUT2D eigenvalue weighted by atomic mass is 9.70. The van der Waals surface area contributed by atoms with Crippen LogP contribution in [0.3, 0.4) is 0 Å². The van der Waals surface area contributed by atoms with Crippen molar-refractivity contribution in [2.45, 2.75) is 50.8 Å². The highest BCUT2D eigenvalue weighted by molar-refractivity contribution is 8.33. The predicted molar refractivity (Wildman–Crippen MR) is 124 cm³/mol. The summed E-state index contributed by atoms with van der Waals surface area (Å²) >= 11 is 0.